The zero-order valence-electron chi connectivity index (χ0n) is 42.7. The number of amides is 6. The van der Waals surface area contributed by atoms with Crippen molar-refractivity contribution in [3.63, 3.8) is 0 Å². The number of rotatable bonds is 25. The van der Waals surface area contributed by atoms with Crippen molar-refractivity contribution in [2.75, 3.05) is 119 Å². The molecule has 8 rings (SSSR count). The van der Waals surface area contributed by atoms with Crippen LogP contribution in [0.4, 0.5) is 9.59 Å². The van der Waals surface area contributed by atoms with E-state index >= 15 is 0 Å². The van der Waals surface area contributed by atoms with Crippen LogP contribution in [0, 0.1) is 0 Å². The summed E-state index contributed by atoms with van der Waals surface area (Å²) in [6.45, 7) is 8.79. The van der Waals surface area contributed by atoms with E-state index in [9.17, 15) is 19.2 Å². The molecule has 0 fully saturated rings. The fourth-order valence-corrected chi connectivity index (χ4v) is 11.9. The Balaban J connectivity index is 0.592. The number of unbranched alkanes of at least 4 members (excludes halogenated alkanes) is 1. The van der Waals surface area contributed by atoms with Crippen molar-refractivity contribution in [2.45, 2.75) is 50.9 Å². The van der Waals surface area contributed by atoms with E-state index < -0.39 is 0 Å². The first-order chi connectivity index (χ1) is 36.6. The van der Waals surface area contributed by atoms with E-state index in [-0.39, 0.29) is 35.7 Å². The SMILES string of the molecule is CN1Cc2c(Cl)cc(Cl)cc2C(c2cc(Cl)c3c(c2)C(=O)N(CCOCCOCCNC(=O)NCCCCNC(=O)NCCOCCOCCN2Cc4c(Cl)cc(C5CN(C)Cc6c(Cl)cc(Cl)cc65)cc4C2=O)C3)C1. The predicted molar refractivity (Wildman–Crippen MR) is 297 cm³/mol. The number of hydrogen-bond acceptors (Lipinski definition) is 10. The molecule has 16 nitrogen and oxygen atoms in total. The summed E-state index contributed by atoms with van der Waals surface area (Å²) in [6.07, 6.45) is 1.36. The number of likely N-dealkylation sites (N-methyl/N-ethyl adjacent to an activating group) is 2. The Hall–Kier alpha value is -4.14. The van der Waals surface area contributed by atoms with Crippen LogP contribution in [0.25, 0.3) is 0 Å². The zero-order valence-corrected chi connectivity index (χ0v) is 47.2. The molecule has 0 radical (unpaired) electrons. The van der Waals surface area contributed by atoms with Crippen LogP contribution in [0.3, 0.4) is 0 Å². The van der Waals surface area contributed by atoms with Crippen LogP contribution in [0.1, 0.15) is 89.9 Å². The van der Waals surface area contributed by atoms with E-state index in [0.717, 1.165) is 57.6 Å². The first-order valence-corrected chi connectivity index (χ1v) is 27.8. The second-order valence-corrected chi connectivity index (χ2v) is 21.9. The molecule has 2 atom stereocenters. The molecule has 2 unspecified atom stereocenters. The molecule has 0 saturated heterocycles. The minimum absolute atomic E-state index is 0.0326. The molecule has 4 aromatic rings. The van der Waals surface area contributed by atoms with Crippen LogP contribution in [0.5, 0.6) is 0 Å². The largest absolute Gasteiger partial charge is 0.377 e. The minimum atomic E-state index is -0.301. The molecule has 0 aromatic heterocycles. The molecule has 6 amide bonds. The second-order valence-electron chi connectivity index (χ2n) is 19.4. The van der Waals surface area contributed by atoms with E-state index in [1.54, 1.807) is 21.9 Å². The van der Waals surface area contributed by atoms with Crippen molar-refractivity contribution in [2.24, 2.45) is 0 Å². The van der Waals surface area contributed by atoms with Gasteiger partial charge in [-0.1, -0.05) is 69.6 Å². The molecule has 0 bridgehead atoms. The Kier molecular flexibility index (Phi) is 21.1. The van der Waals surface area contributed by atoms with Gasteiger partial charge in [0.1, 0.15) is 0 Å². The van der Waals surface area contributed by atoms with Crippen LogP contribution in [-0.2, 0) is 45.1 Å². The van der Waals surface area contributed by atoms with Gasteiger partial charge in [0, 0.05) is 143 Å². The highest BCUT2D eigenvalue weighted by atomic mass is 35.5. The van der Waals surface area contributed by atoms with E-state index in [1.165, 1.54) is 0 Å². The topological polar surface area (TPSA) is 166 Å². The van der Waals surface area contributed by atoms with Crippen molar-refractivity contribution in [3.05, 3.63) is 134 Å². The second kappa shape index (κ2) is 27.6. The molecular weight excluding hydrogens is 1100 g/mol. The smallest absolute Gasteiger partial charge is 0.314 e. The summed E-state index contributed by atoms with van der Waals surface area (Å²) in [5.74, 6) is -0.223. The lowest BCUT2D eigenvalue weighted by Crippen LogP contribution is -2.39. The standard InChI is InChI=1S/C54H64Cl6N8O8/c1-65-27-41(37-23-35(55)25-49(59)43(37)29-65)33-19-39-45(47(57)21-33)31-67(51(39)69)9-13-75-17-15-73-11-7-63-53(71)61-5-3-4-6-62-54(72)64-8-12-74-16-18-76-14-10-68-32-46-40(52(68)70)20-34(22-48(46)58)42-28-66(2)30-44-38(42)24-36(56)26-50(44)60/h19-26,41-42H,3-18,27-32H2,1-2H3,(H2,61,63,71)(H2,62,64,72). The maximum atomic E-state index is 13.5. The van der Waals surface area contributed by atoms with Gasteiger partial charge in [0.2, 0.25) is 0 Å². The third kappa shape index (κ3) is 14.9. The lowest BCUT2D eigenvalue weighted by Gasteiger charge is -2.33. The van der Waals surface area contributed by atoms with E-state index in [2.05, 4.69) is 31.1 Å². The maximum absolute atomic E-state index is 13.5. The molecule has 4 N–H and O–H groups in total. The summed E-state index contributed by atoms with van der Waals surface area (Å²) in [7, 11) is 4.09. The van der Waals surface area contributed by atoms with Crippen molar-refractivity contribution in [1.29, 1.82) is 0 Å². The number of halogens is 6. The maximum Gasteiger partial charge on any atom is 0.314 e. The molecule has 4 heterocycles. The molecule has 0 saturated carbocycles. The Morgan fingerprint density at radius 2 is 0.842 bits per heavy atom. The average molecular weight is 1170 g/mol. The number of benzene rings is 4. The molecule has 4 aromatic carbocycles. The Morgan fingerprint density at radius 3 is 1.25 bits per heavy atom. The van der Waals surface area contributed by atoms with Gasteiger partial charge in [-0.25, -0.2) is 9.59 Å². The van der Waals surface area contributed by atoms with Crippen LogP contribution in [0.2, 0.25) is 30.1 Å². The fourth-order valence-electron chi connectivity index (χ4n) is 10.2. The van der Waals surface area contributed by atoms with Crippen LogP contribution >= 0.6 is 69.6 Å². The Bertz CT molecular complexity index is 2570. The third-order valence-corrected chi connectivity index (χ3v) is 15.7. The quantitative estimate of drug-likeness (QED) is 0.0472. The third-order valence-electron chi connectivity index (χ3n) is 14.0. The number of nitrogens with one attached hydrogen (secondary N) is 4. The first-order valence-electron chi connectivity index (χ1n) is 25.5. The highest BCUT2D eigenvalue weighted by molar-refractivity contribution is 6.36. The highest BCUT2D eigenvalue weighted by Gasteiger charge is 2.35. The zero-order chi connectivity index (χ0) is 53.9. The monoisotopic (exact) mass is 1160 g/mol. The minimum Gasteiger partial charge on any atom is -0.377 e. The summed E-state index contributed by atoms with van der Waals surface area (Å²) in [5, 5.41) is 14.7. The summed E-state index contributed by atoms with van der Waals surface area (Å²) in [4.78, 5) is 59.2. The Morgan fingerprint density at radius 1 is 0.474 bits per heavy atom. The van der Waals surface area contributed by atoms with Crippen molar-refractivity contribution in [1.82, 2.24) is 40.9 Å². The van der Waals surface area contributed by atoms with E-state index in [4.69, 9.17) is 88.6 Å². The lowest BCUT2D eigenvalue weighted by molar-refractivity contribution is 0.0377. The fraction of sp³-hybridized carbons (Fsp3) is 0.481. The van der Waals surface area contributed by atoms with Gasteiger partial charge in [-0.15, -0.1) is 0 Å². The van der Waals surface area contributed by atoms with Gasteiger partial charge < -0.3 is 59.8 Å². The molecule has 4 aliphatic rings. The average Bonchev–Trinajstić information content (AvgIpc) is 3.96. The van der Waals surface area contributed by atoms with E-state index in [0.29, 0.717) is 172 Å². The molecule has 0 spiro atoms. The molecular formula is C54H64Cl6N8O8. The summed E-state index contributed by atoms with van der Waals surface area (Å²) >= 11 is 39.5. The number of urea groups is 2. The number of nitrogens with zero attached hydrogens (tertiary/aromatic N) is 4. The van der Waals surface area contributed by atoms with Gasteiger partial charge in [0.05, 0.1) is 52.9 Å². The first kappa shape index (κ1) is 58.0. The van der Waals surface area contributed by atoms with Crippen molar-refractivity contribution >= 4 is 93.5 Å². The number of hydrogen-bond donors (Lipinski definition) is 4. The molecule has 22 heteroatoms. The van der Waals surface area contributed by atoms with Gasteiger partial charge >= 0.3 is 12.1 Å². The van der Waals surface area contributed by atoms with Gasteiger partial charge in [-0.05, 0) is 109 Å². The molecule has 410 valence electrons. The number of fused-ring (bicyclic) bond motifs is 4. The van der Waals surface area contributed by atoms with Crippen LogP contribution in [0.15, 0.2) is 48.5 Å². The number of carbonyl (C=O) groups excluding carboxylic acids is 4. The van der Waals surface area contributed by atoms with Gasteiger partial charge in [0.25, 0.3) is 11.8 Å². The van der Waals surface area contributed by atoms with Gasteiger partial charge in [0.15, 0.2) is 0 Å². The van der Waals surface area contributed by atoms with Crippen LogP contribution < -0.4 is 21.3 Å². The van der Waals surface area contributed by atoms with Gasteiger partial charge in [-0.3, -0.25) is 9.59 Å². The number of carbonyl (C=O) groups is 4. The van der Waals surface area contributed by atoms with Gasteiger partial charge in [-0.2, -0.15) is 0 Å². The molecule has 76 heavy (non-hydrogen) atoms. The van der Waals surface area contributed by atoms with E-state index in [1.807, 2.05) is 50.5 Å². The predicted octanol–water partition coefficient (Wildman–Crippen LogP) is 8.82. The van der Waals surface area contributed by atoms with Crippen molar-refractivity contribution < 1.29 is 38.1 Å². The summed E-state index contributed by atoms with van der Waals surface area (Å²) < 4.78 is 22.7. The number of ether oxygens (including phenoxy) is 4. The lowest BCUT2D eigenvalue weighted by atomic mass is 9.84. The highest BCUT2D eigenvalue weighted by Crippen LogP contribution is 2.43. The van der Waals surface area contributed by atoms with Crippen molar-refractivity contribution in [3.8, 4) is 0 Å². The summed E-state index contributed by atoms with van der Waals surface area (Å²) in [6, 6.07) is 14.7. The van der Waals surface area contributed by atoms with Crippen LogP contribution in [-0.4, -0.2) is 163 Å². The Labute approximate surface area is 474 Å². The normalized spacial score (nSPS) is 17.2. The summed E-state index contributed by atoms with van der Waals surface area (Å²) in [5.41, 5.74) is 8.93. The molecule has 0 aliphatic carbocycles. The molecule has 4 aliphatic heterocycles.